The third kappa shape index (κ3) is 2.33. The van der Waals surface area contributed by atoms with Crippen LogP contribution in [0.2, 0.25) is 0 Å². The van der Waals surface area contributed by atoms with E-state index in [2.05, 4.69) is 16.4 Å². The smallest absolute Gasteiger partial charge is 0.0813 e. The zero-order chi connectivity index (χ0) is 11.8. The number of hydrogen-bond acceptors (Lipinski definition) is 4. The highest BCUT2D eigenvalue weighted by atomic mass is 32.1. The van der Waals surface area contributed by atoms with Crippen molar-refractivity contribution >= 4 is 27.2 Å². The normalized spacial score (nSPS) is 14.0. The lowest BCUT2D eigenvalue weighted by molar-refractivity contribution is 0.0649. The van der Waals surface area contributed by atoms with E-state index in [0.717, 1.165) is 15.9 Å². The molecule has 2 aromatic rings. The number of rotatable bonds is 3. The molecule has 2 rings (SSSR count). The van der Waals surface area contributed by atoms with Crippen molar-refractivity contribution in [2.75, 3.05) is 5.32 Å². The molecular weight excluding hydrogens is 220 g/mol. The molecule has 0 aliphatic carbocycles. The first-order chi connectivity index (χ1) is 7.47. The van der Waals surface area contributed by atoms with Gasteiger partial charge in [0, 0.05) is 5.69 Å². The summed E-state index contributed by atoms with van der Waals surface area (Å²) in [5.41, 5.74) is 3.15. The molecule has 0 fully saturated rings. The summed E-state index contributed by atoms with van der Waals surface area (Å²) in [5.74, 6) is 0. The molecule has 1 heterocycles. The maximum atomic E-state index is 9.85. The Morgan fingerprint density at radius 2 is 2.19 bits per heavy atom. The van der Waals surface area contributed by atoms with Crippen LogP contribution in [0, 0.1) is 0 Å². The van der Waals surface area contributed by atoms with E-state index < -0.39 is 5.60 Å². The van der Waals surface area contributed by atoms with Gasteiger partial charge < -0.3 is 10.4 Å². The van der Waals surface area contributed by atoms with E-state index in [4.69, 9.17) is 0 Å². The molecule has 2 N–H and O–H groups in total. The minimum Gasteiger partial charge on any atom is -0.388 e. The average Bonchev–Trinajstić information content (AvgIpc) is 2.63. The molecule has 0 aliphatic heterocycles. The SMILES string of the molecule is CC(Nc1ccc2ncsc2c1)C(C)(C)O. The van der Waals surface area contributed by atoms with Crippen LogP contribution in [0.15, 0.2) is 23.7 Å². The third-order valence-corrected chi connectivity index (χ3v) is 3.57. The van der Waals surface area contributed by atoms with Crippen molar-refractivity contribution in [2.24, 2.45) is 0 Å². The molecule has 0 saturated carbocycles. The summed E-state index contributed by atoms with van der Waals surface area (Å²) in [4.78, 5) is 4.23. The van der Waals surface area contributed by atoms with Crippen LogP contribution in [0.5, 0.6) is 0 Å². The van der Waals surface area contributed by atoms with Crippen LogP contribution >= 0.6 is 11.3 Å². The molecule has 3 nitrogen and oxygen atoms in total. The van der Waals surface area contributed by atoms with Crippen molar-refractivity contribution < 1.29 is 5.11 Å². The summed E-state index contributed by atoms with van der Waals surface area (Å²) in [5, 5.41) is 13.1. The molecule has 0 aliphatic rings. The number of thiazole rings is 1. The highest BCUT2D eigenvalue weighted by Gasteiger charge is 2.21. The highest BCUT2D eigenvalue weighted by Crippen LogP contribution is 2.23. The Balaban J connectivity index is 2.21. The Hall–Kier alpha value is -1.13. The zero-order valence-corrected chi connectivity index (χ0v) is 10.5. The molecule has 1 aromatic carbocycles. The minimum atomic E-state index is -0.733. The van der Waals surface area contributed by atoms with Gasteiger partial charge in [-0.25, -0.2) is 4.98 Å². The summed E-state index contributed by atoms with van der Waals surface area (Å²) >= 11 is 1.62. The Kier molecular flexibility index (Phi) is 2.86. The van der Waals surface area contributed by atoms with E-state index >= 15 is 0 Å². The van der Waals surface area contributed by atoms with Crippen LogP contribution < -0.4 is 5.32 Å². The number of nitrogens with one attached hydrogen (secondary N) is 1. The number of hydrogen-bond donors (Lipinski definition) is 2. The lowest BCUT2D eigenvalue weighted by Gasteiger charge is -2.27. The molecule has 0 amide bonds. The number of fused-ring (bicyclic) bond motifs is 1. The first-order valence-electron chi connectivity index (χ1n) is 5.29. The standard InChI is InChI=1S/C12H16N2OS/c1-8(12(2,3)15)14-9-4-5-10-11(6-9)16-7-13-10/h4-8,14-15H,1-3H3. The molecule has 0 bridgehead atoms. The van der Waals surface area contributed by atoms with E-state index in [1.165, 1.54) is 0 Å². The van der Waals surface area contributed by atoms with Gasteiger partial charge in [-0.05, 0) is 39.0 Å². The van der Waals surface area contributed by atoms with Gasteiger partial charge in [0.2, 0.25) is 0 Å². The zero-order valence-electron chi connectivity index (χ0n) is 9.69. The second-order valence-corrected chi connectivity index (χ2v) is 5.44. The fourth-order valence-electron chi connectivity index (χ4n) is 1.37. The van der Waals surface area contributed by atoms with Crippen molar-refractivity contribution in [3.8, 4) is 0 Å². The first kappa shape index (κ1) is 11.4. The van der Waals surface area contributed by atoms with Crippen LogP contribution in [-0.4, -0.2) is 21.7 Å². The number of anilines is 1. The molecule has 1 atom stereocenters. The van der Waals surface area contributed by atoms with Crippen molar-refractivity contribution in [1.82, 2.24) is 4.98 Å². The molecule has 4 heteroatoms. The molecular formula is C12H16N2OS. The van der Waals surface area contributed by atoms with E-state index in [0.29, 0.717) is 0 Å². The van der Waals surface area contributed by atoms with Gasteiger partial charge in [0.1, 0.15) is 0 Å². The topological polar surface area (TPSA) is 45.2 Å². The van der Waals surface area contributed by atoms with Crippen LogP contribution in [0.25, 0.3) is 10.2 Å². The van der Waals surface area contributed by atoms with E-state index in [1.54, 1.807) is 25.2 Å². The predicted molar refractivity (Wildman–Crippen MR) is 69.0 cm³/mol. The van der Waals surface area contributed by atoms with E-state index in [9.17, 15) is 5.11 Å². The number of aliphatic hydroxyl groups is 1. The van der Waals surface area contributed by atoms with Gasteiger partial charge >= 0.3 is 0 Å². The van der Waals surface area contributed by atoms with Crippen molar-refractivity contribution in [3.63, 3.8) is 0 Å². The second kappa shape index (κ2) is 4.03. The quantitative estimate of drug-likeness (QED) is 0.861. The maximum absolute atomic E-state index is 9.85. The molecule has 0 saturated heterocycles. The fraction of sp³-hybridized carbons (Fsp3) is 0.417. The fourth-order valence-corrected chi connectivity index (χ4v) is 2.09. The molecule has 0 spiro atoms. The molecule has 1 unspecified atom stereocenters. The number of nitrogens with zero attached hydrogens (tertiary/aromatic N) is 1. The van der Waals surface area contributed by atoms with E-state index in [1.807, 2.05) is 24.6 Å². The van der Waals surface area contributed by atoms with Gasteiger partial charge in [-0.2, -0.15) is 0 Å². The minimum absolute atomic E-state index is 0.00197. The number of aromatic nitrogens is 1. The van der Waals surface area contributed by atoms with Gasteiger partial charge in [0.05, 0.1) is 27.4 Å². The molecule has 16 heavy (non-hydrogen) atoms. The Bertz CT molecular complexity index is 487. The second-order valence-electron chi connectivity index (χ2n) is 4.55. The van der Waals surface area contributed by atoms with Gasteiger partial charge in [-0.15, -0.1) is 11.3 Å². The Labute approximate surface area is 99.1 Å². The van der Waals surface area contributed by atoms with Gasteiger partial charge in [-0.1, -0.05) is 0 Å². The van der Waals surface area contributed by atoms with Crippen LogP contribution in [-0.2, 0) is 0 Å². The molecule has 86 valence electrons. The van der Waals surface area contributed by atoms with Gasteiger partial charge in [-0.3, -0.25) is 0 Å². The summed E-state index contributed by atoms with van der Waals surface area (Å²) in [6.45, 7) is 5.57. The van der Waals surface area contributed by atoms with E-state index in [-0.39, 0.29) is 6.04 Å². The first-order valence-corrected chi connectivity index (χ1v) is 6.17. The predicted octanol–water partition coefficient (Wildman–Crippen LogP) is 2.87. The largest absolute Gasteiger partial charge is 0.388 e. The van der Waals surface area contributed by atoms with Crippen molar-refractivity contribution in [2.45, 2.75) is 32.4 Å². The van der Waals surface area contributed by atoms with Crippen LogP contribution in [0.4, 0.5) is 5.69 Å². The van der Waals surface area contributed by atoms with Gasteiger partial charge in [0.15, 0.2) is 0 Å². The monoisotopic (exact) mass is 236 g/mol. The molecule has 0 radical (unpaired) electrons. The lowest BCUT2D eigenvalue weighted by Crippen LogP contribution is -2.39. The Morgan fingerprint density at radius 3 is 2.88 bits per heavy atom. The maximum Gasteiger partial charge on any atom is 0.0813 e. The lowest BCUT2D eigenvalue weighted by atomic mass is 10.0. The summed E-state index contributed by atoms with van der Waals surface area (Å²) < 4.78 is 1.16. The van der Waals surface area contributed by atoms with Gasteiger partial charge in [0.25, 0.3) is 0 Å². The summed E-state index contributed by atoms with van der Waals surface area (Å²) in [6, 6.07) is 6.04. The van der Waals surface area contributed by atoms with Crippen molar-refractivity contribution in [3.05, 3.63) is 23.7 Å². The van der Waals surface area contributed by atoms with Crippen LogP contribution in [0.3, 0.4) is 0 Å². The average molecular weight is 236 g/mol. The number of benzene rings is 1. The summed E-state index contributed by atoms with van der Waals surface area (Å²) in [7, 11) is 0. The van der Waals surface area contributed by atoms with Crippen LogP contribution in [0.1, 0.15) is 20.8 Å². The highest BCUT2D eigenvalue weighted by molar-refractivity contribution is 7.16. The third-order valence-electron chi connectivity index (χ3n) is 2.77. The Morgan fingerprint density at radius 1 is 1.44 bits per heavy atom. The van der Waals surface area contributed by atoms with Crippen molar-refractivity contribution in [1.29, 1.82) is 0 Å². The molecule has 1 aromatic heterocycles. The summed E-state index contributed by atoms with van der Waals surface area (Å²) in [6.07, 6.45) is 0.